The van der Waals surface area contributed by atoms with Crippen molar-refractivity contribution in [1.82, 2.24) is 5.32 Å². The lowest BCUT2D eigenvalue weighted by molar-refractivity contribution is -0.122. The summed E-state index contributed by atoms with van der Waals surface area (Å²) in [5.41, 5.74) is 0.184. The third-order valence-corrected chi connectivity index (χ3v) is 4.03. The van der Waals surface area contributed by atoms with Crippen LogP contribution in [0.2, 0.25) is 0 Å². The second kappa shape index (κ2) is 6.52. The number of rotatable bonds is 2. The van der Waals surface area contributed by atoms with Crippen LogP contribution in [0.4, 0.5) is 14.9 Å². The van der Waals surface area contributed by atoms with Crippen molar-refractivity contribution in [3.05, 3.63) is 69.1 Å². The van der Waals surface area contributed by atoms with Crippen LogP contribution in [0.1, 0.15) is 5.56 Å². The van der Waals surface area contributed by atoms with Crippen LogP contribution in [-0.2, 0) is 9.59 Å². The van der Waals surface area contributed by atoms with E-state index in [4.69, 9.17) is 0 Å². The summed E-state index contributed by atoms with van der Waals surface area (Å²) in [5.74, 6) is -2.41. The monoisotopic (exact) mass is 436 g/mol. The van der Waals surface area contributed by atoms with E-state index < -0.39 is 23.7 Å². The summed E-state index contributed by atoms with van der Waals surface area (Å²) in [4.78, 5) is 37.2. The molecule has 0 aromatic heterocycles. The molecule has 0 unspecified atom stereocenters. The van der Waals surface area contributed by atoms with Gasteiger partial charge in [0.05, 0.1) is 5.69 Å². The maximum absolute atomic E-state index is 13.9. The van der Waals surface area contributed by atoms with Crippen molar-refractivity contribution < 1.29 is 18.8 Å². The number of barbiturate groups is 1. The van der Waals surface area contributed by atoms with Crippen molar-refractivity contribution in [2.45, 2.75) is 0 Å². The van der Waals surface area contributed by atoms with Crippen LogP contribution in [0, 0.1) is 9.39 Å². The first-order chi connectivity index (χ1) is 11.5. The van der Waals surface area contributed by atoms with Crippen LogP contribution in [-0.4, -0.2) is 17.8 Å². The third kappa shape index (κ3) is 3.07. The molecule has 0 bridgehead atoms. The van der Waals surface area contributed by atoms with Gasteiger partial charge in [0.1, 0.15) is 11.4 Å². The van der Waals surface area contributed by atoms with Gasteiger partial charge in [-0.15, -0.1) is 0 Å². The van der Waals surface area contributed by atoms with Crippen LogP contribution in [0.25, 0.3) is 6.08 Å². The predicted octanol–water partition coefficient (Wildman–Crippen LogP) is 3.10. The smallest absolute Gasteiger partial charge is 0.273 e. The van der Waals surface area contributed by atoms with E-state index in [9.17, 15) is 18.8 Å². The number of carbonyl (C=O) groups excluding carboxylic acids is 3. The Hall–Kier alpha value is -2.55. The number of carbonyl (C=O) groups is 3. The molecule has 2 aromatic carbocycles. The Balaban J connectivity index is 2.05. The van der Waals surface area contributed by atoms with E-state index in [0.29, 0.717) is 10.5 Å². The molecule has 3 rings (SSSR count). The molecule has 1 aliphatic rings. The number of urea groups is 1. The second-order valence-electron chi connectivity index (χ2n) is 4.96. The van der Waals surface area contributed by atoms with E-state index in [1.165, 1.54) is 24.3 Å². The summed E-state index contributed by atoms with van der Waals surface area (Å²) in [6.45, 7) is 0. The van der Waals surface area contributed by atoms with E-state index in [2.05, 4.69) is 27.9 Å². The van der Waals surface area contributed by atoms with Gasteiger partial charge in [0.2, 0.25) is 0 Å². The highest BCUT2D eigenvalue weighted by atomic mass is 127. The van der Waals surface area contributed by atoms with Gasteiger partial charge in [-0.1, -0.05) is 24.3 Å². The molecular formula is C17H10FIN2O3. The molecule has 2 aromatic rings. The van der Waals surface area contributed by atoms with Gasteiger partial charge in [-0.25, -0.2) is 14.1 Å². The molecule has 1 saturated heterocycles. The SMILES string of the molecule is O=C1NC(=O)N(c2ccccc2F)C(=O)C1=Cc1cccc(I)c1. The minimum absolute atomic E-state index is 0.207. The Morgan fingerprint density at radius 2 is 1.79 bits per heavy atom. The second-order valence-corrected chi connectivity index (χ2v) is 6.21. The van der Waals surface area contributed by atoms with Crippen LogP contribution in [0.15, 0.2) is 54.1 Å². The van der Waals surface area contributed by atoms with E-state index in [-0.39, 0.29) is 11.3 Å². The Morgan fingerprint density at radius 1 is 1.04 bits per heavy atom. The van der Waals surface area contributed by atoms with E-state index >= 15 is 0 Å². The average molecular weight is 436 g/mol. The summed E-state index contributed by atoms with van der Waals surface area (Å²) < 4.78 is 14.9. The van der Waals surface area contributed by atoms with E-state index in [1.807, 2.05) is 6.07 Å². The molecule has 4 amide bonds. The van der Waals surface area contributed by atoms with Gasteiger partial charge in [-0.05, 0) is 58.5 Å². The van der Waals surface area contributed by atoms with Crippen molar-refractivity contribution in [3.8, 4) is 0 Å². The minimum Gasteiger partial charge on any atom is -0.273 e. The van der Waals surface area contributed by atoms with Crippen molar-refractivity contribution >= 4 is 52.2 Å². The number of benzene rings is 2. The summed E-state index contributed by atoms with van der Waals surface area (Å²) in [6.07, 6.45) is 1.38. The molecule has 120 valence electrons. The minimum atomic E-state index is -0.977. The Kier molecular flexibility index (Phi) is 4.43. The van der Waals surface area contributed by atoms with Crippen LogP contribution in [0.5, 0.6) is 0 Å². The number of halogens is 2. The van der Waals surface area contributed by atoms with Crippen molar-refractivity contribution in [2.24, 2.45) is 0 Å². The van der Waals surface area contributed by atoms with Gasteiger partial charge in [0, 0.05) is 3.57 Å². The summed E-state index contributed by atoms with van der Waals surface area (Å²) in [6, 6.07) is 11.5. The first kappa shape index (κ1) is 16.3. The highest BCUT2D eigenvalue weighted by molar-refractivity contribution is 14.1. The fourth-order valence-corrected chi connectivity index (χ4v) is 2.84. The molecule has 1 heterocycles. The number of nitrogens with one attached hydrogen (secondary N) is 1. The maximum Gasteiger partial charge on any atom is 0.336 e. The zero-order valence-corrected chi connectivity index (χ0v) is 14.3. The number of hydrogen-bond acceptors (Lipinski definition) is 3. The molecule has 24 heavy (non-hydrogen) atoms. The fraction of sp³-hybridized carbons (Fsp3) is 0. The quantitative estimate of drug-likeness (QED) is 0.447. The molecule has 1 aliphatic heterocycles. The largest absolute Gasteiger partial charge is 0.336 e. The summed E-state index contributed by atoms with van der Waals surface area (Å²) >= 11 is 2.10. The lowest BCUT2D eigenvalue weighted by Crippen LogP contribution is -2.54. The molecule has 0 aliphatic carbocycles. The molecule has 0 spiro atoms. The molecule has 1 N–H and O–H groups in total. The predicted molar refractivity (Wildman–Crippen MR) is 94.6 cm³/mol. The number of anilines is 1. The van der Waals surface area contributed by atoms with Crippen molar-refractivity contribution in [2.75, 3.05) is 4.90 Å². The topological polar surface area (TPSA) is 66.5 Å². The number of imide groups is 2. The zero-order chi connectivity index (χ0) is 17.3. The van der Waals surface area contributed by atoms with Crippen molar-refractivity contribution in [1.29, 1.82) is 0 Å². The highest BCUT2D eigenvalue weighted by Crippen LogP contribution is 2.24. The molecule has 7 heteroatoms. The maximum atomic E-state index is 13.9. The molecular weight excluding hydrogens is 426 g/mol. The van der Waals surface area contributed by atoms with Gasteiger partial charge >= 0.3 is 6.03 Å². The Labute approximate surface area is 150 Å². The normalized spacial score (nSPS) is 16.5. The highest BCUT2D eigenvalue weighted by Gasteiger charge is 2.37. The van der Waals surface area contributed by atoms with Crippen molar-refractivity contribution in [3.63, 3.8) is 0 Å². The van der Waals surface area contributed by atoms with E-state index in [1.54, 1.807) is 18.2 Å². The molecule has 0 atom stereocenters. The first-order valence-corrected chi connectivity index (χ1v) is 7.97. The van der Waals surface area contributed by atoms with Gasteiger partial charge in [-0.3, -0.25) is 14.9 Å². The van der Waals surface area contributed by atoms with Crippen LogP contribution >= 0.6 is 22.6 Å². The van der Waals surface area contributed by atoms with Crippen LogP contribution < -0.4 is 10.2 Å². The molecule has 0 saturated carbocycles. The Morgan fingerprint density at radius 3 is 2.50 bits per heavy atom. The van der Waals surface area contributed by atoms with Crippen LogP contribution in [0.3, 0.4) is 0 Å². The fourth-order valence-electron chi connectivity index (χ4n) is 2.27. The third-order valence-electron chi connectivity index (χ3n) is 3.35. The van der Waals surface area contributed by atoms with Gasteiger partial charge in [-0.2, -0.15) is 0 Å². The van der Waals surface area contributed by atoms with Gasteiger partial charge in [0.15, 0.2) is 0 Å². The lowest BCUT2D eigenvalue weighted by Gasteiger charge is -2.26. The Bertz CT molecular complexity index is 895. The number of amides is 4. The zero-order valence-electron chi connectivity index (χ0n) is 12.1. The molecule has 0 radical (unpaired) electrons. The molecule has 1 fully saturated rings. The standard InChI is InChI=1S/C17H10FIN2O3/c18-13-6-1-2-7-14(13)21-16(23)12(15(22)20-17(21)24)9-10-4-3-5-11(19)8-10/h1-9H,(H,20,22,24). The summed E-state index contributed by atoms with van der Waals surface area (Å²) in [5, 5.41) is 2.06. The van der Waals surface area contributed by atoms with Gasteiger partial charge < -0.3 is 0 Å². The number of hydrogen-bond donors (Lipinski definition) is 1. The summed E-state index contributed by atoms with van der Waals surface area (Å²) in [7, 11) is 0. The number of nitrogens with zero attached hydrogens (tertiary/aromatic N) is 1. The number of para-hydroxylation sites is 1. The van der Waals surface area contributed by atoms with Gasteiger partial charge in [0.25, 0.3) is 11.8 Å². The molecule has 5 nitrogen and oxygen atoms in total. The first-order valence-electron chi connectivity index (χ1n) is 6.89. The lowest BCUT2D eigenvalue weighted by atomic mass is 10.1. The average Bonchev–Trinajstić information content (AvgIpc) is 2.53. The van der Waals surface area contributed by atoms with E-state index in [0.717, 1.165) is 9.64 Å².